The minimum atomic E-state index is -0.414. The van der Waals surface area contributed by atoms with Crippen LogP contribution < -0.4 is 5.69 Å². The molecule has 0 spiro atoms. The molecule has 0 atom stereocenters. The Hall–Kier alpha value is -3.28. The number of imidazole rings is 1. The molecule has 0 saturated heterocycles. The summed E-state index contributed by atoms with van der Waals surface area (Å²) in [5.41, 5.74) is 2.07. The number of nitrogens with one attached hydrogen (secondary N) is 1. The third-order valence-corrected chi connectivity index (χ3v) is 4.36. The van der Waals surface area contributed by atoms with Crippen LogP contribution in [0.5, 0.6) is 5.88 Å². The van der Waals surface area contributed by atoms with Gasteiger partial charge in [-0.25, -0.2) is 9.36 Å². The summed E-state index contributed by atoms with van der Waals surface area (Å²) in [7, 11) is 0. The molecule has 0 bridgehead atoms. The molecule has 4 aromatic rings. The number of aromatic amines is 1. The number of aromatic nitrogens is 3. The molecule has 2 N–H and O–H groups in total. The number of fused-ring (bicyclic) bond motifs is 1. The number of benzene rings is 2. The van der Waals surface area contributed by atoms with Crippen molar-refractivity contribution < 1.29 is 9.63 Å². The molecule has 0 aliphatic heterocycles. The van der Waals surface area contributed by atoms with Crippen LogP contribution >= 0.6 is 0 Å². The van der Waals surface area contributed by atoms with Gasteiger partial charge in [0.25, 0.3) is 0 Å². The first-order valence-corrected chi connectivity index (χ1v) is 7.98. The van der Waals surface area contributed by atoms with Gasteiger partial charge in [0.2, 0.25) is 5.88 Å². The fourth-order valence-electron chi connectivity index (χ4n) is 3.15. The Balaban J connectivity index is 1.76. The second-order valence-electron chi connectivity index (χ2n) is 6.10. The minimum Gasteiger partial charge on any atom is -0.493 e. The van der Waals surface area contributed by atoms with E-state index in [4.69, 9.17) is 4.52 Å². The zero-order valence-corrected chi connectivity index (χ0v) is 13.9. The molecule has 4 rings (SSSR count). The van der Waals surface area contributed by atoms with Crippen LogP contribution in [0.15, 0.2) is 51.8 Å². The van der Waals surface area contributed by atoms with Gasteiger partial charge in [0.1, 0.15) is 11.4 Å². The molecule has 6 heteroatoms. The summed E-state index contributed by atoms with van der Waals surface area (Å²) >= 11 is 0. The highest BCUT2D eigenvalue weighted by molar-refractivity contribution is 5.83. The van der Waals surface area contributed by atoms with Gasteiger partial charge in [0.15, 0.2) is 5.76 Å². The minimum absolute atomic E-state index is 0.118. The number of aromatic hydroxyl groups is 1. The maximum atomic E-state index is 12.3. The highest BCUT2D eigenvalue weighted by Gasteiger charge is 2.20. The Labute approximate surface area is 143 Å². The summed E-state index contributed by atoms with van der Waals surface area (Å²) in [5.74, 6) is 0.360. The topological polar surface area (TPSA) is 84.0 Å². The first-order chi connectivity index (χ1) is 12.0. The van der Waals surface area contributed by atoms with Gasteiger partial charge >= 0.3 is 5.69 Å². The number of nitrogens with zero attached hydrogens (tertiary/aromatic N) is 2. The molecule has 126 valence electrons. The van der Waals surface area contributed by atoms with Crippen molar-refractivity contribution in [3.63, 3.8) is 0 Å². The van der Waals surface area contributed by atoms with Crippen LogP contribution in [0, 0.1) is 13.8 Å². The van der Waals surface area contributed by atoms with Crippen molar-refractivity contribution in [1.82, 2.24) is 14.7 Å². The van der Waals surface area contributed by atoms with Crippen molar-refractivity contribution >= 4 is 10.8 Å². The van der Waals surface area contributed by atoms with Gasteiger partial charge in [-0.1, -0.05) is 47.6 Å². The third kappa shape index (κ3) is 2.52. The van der Waals surface area contributed by atoms with Crippen LogP contribution in [0.2, 0.25) is 0 Å². The van der Waals surface area contributed by atoms with Crippen LogP contribution in [-0.4, -0.2) is 19.8 Å². The molecule has 2 aromatic carbocycles. The number of hydrogen-bond donors (Lipinski definition) is 2. The second kappa shape index (κ2) is 5.66. The maximum absolute atomic E-state index is 12.3. The van der Waals surface area contributed by atoms with E-state index in [0.717, 1.165) is 16.3 Å². The normalized spacial score (nSPS) is 11.3. The van der Waals surface area contributed by atoms with Gasteiger partial charge in [0, 0.05) is 6.42 Å². The van der Waals surface area contributed by atoms with Crippen LogP contribution in [0.3, 0.4) is 0 Å². The van der Waals surface area contributed by atoms with Crippen LogP contribution in [0.1, 0.15) is 22.7 Å². The van der Waals surface area contributed by atoms with Gasteiger partial charge in [-0.2, -0.15) is 0 Å². The predicted octanol–water partition coefficient (Wildman–Crippen LogP) is 3.22. The quantitative estimate of drug-likeness (QED) is 0.602. The van der Waals surface area contributed by atoms with E-state index < -0.39 is 5.69 Å². The van der Waals surface area contributed by atoms with Crippen molar-refractivity contribution in [3.8, 4) is 11.6 Å². The van der Waals surface area contributed by atoms with Crippen molar-refractivity contribution in [1.29, 1.82) is 0 Å². The standard InChI is InChI=1S/C19H17N3O3/c1-11-17(12(2)25-21-11)22-18(23)16(20-19(22)24)10-13-7-8-14-5-3-4-6-15(14)9-13/h3-9,23H,10H2,1-2H3,(H,20,24). The average Bonchev–Trinajstić information content (AvgIpc) is 3.06. The van der Waals surface area contributed by atoms with Gasteiger partial charge in [-0.05, 0) is 30.2 Å². The number of hydrogen-bond acceptors (Lipinski definition) is 4. The average molecular weight is 335 g/mol. The molecule has 0 fully saturated rings. The smallest absolute Gasteiger partial charge is 0.333 e. The molecule has 0 unspecified atom stereocenters. The molecule has 0 aliphatic rings. The van der Waals surface area contributed by atoms with Crippen molar-refractivity contribution in [2.45, 2.75) is 20.3 Å². The van der Waals surface area contributed by atoms with Crippen LogP contribution in [-0.2, 0) is 6.42 Å². The van der Waals surface area contributed by atoms with Gasteiger partial charge in [0.05, 0.1) is 5.69 Å². The summed E-state index contributed by atoms with van der Waals surface area (Å²) in [6, 6.07) is 14.1. The van der Waals surface area contributed by atoms with E-state index in [2.05, 4.69) is 16.2 Å². The molecule has 2 aromatic heterocycles. The van der Waals surface area contributed by atoms with E-state index in [1.807, 2.05) is 36.4 Å². The third-order valence-electron chi connectivity index (χ3n) is 4.36. The summed E-state index contributed by atoms with van der Waals surface area (Å²) in [4.78, 5) is 15.1. The van der Waals surface area contributed by atoms with E-state index >= 15 is 0 Å². The fourth-order valence-corrected chi connectivity index (χ4v) is 3.15. The Morgan fingerprint density at radius 3 is 2.64 bits per heavy atom. The van der Waals surface area contributed by atoms with Crippen molar-refractivity contribution in [2.75, 3.05) is 0 Å². The zero-order chi connectivity index (χ0) is 17.6. The lowest BCUT2D eigenvalue weighted by Gasteiger charge is -2.05. The lowest BCUT2D eigenvalue weighted by molar-refractivity contribution is 0.391. The Bertz CT molecular complexity index is 1110. The number of aryl methyl sites for hydroxylation is 2. The molecule has 0 amide bonds. The van der Waals surface area contributed by atoms with Gasteiger partial charge in [-0.3, -0.25) is 0 Å². The monoisotopic (exact) mass is 335 g/mol. The van der Waals surface area contributed by atoms with Crippen molar-refractivity contribution in [3.05, 3.63) is 75.7 Å². The van der Waals surface area contributed by atoms with E-state index in [1.54, 1.807) is 13.8 Å². The van der Waals surface area contributed by atoms with Gasteiger partial charge in [-0.15, -0.1) is 0 Å². The molecular formula is C19H17N3O3. The number of H-pyrrole nitrogens is 1. The lowest BCUT2D eigenvalue weighted by Crippen LogP contribution is -2.15. The number of rotatable bonds is 3. The first-order valence-electron chi connectivity index (χ1n) is 7.98. The summed E-state index contributed by atoms with van der Waals surface area (Å²) in [6.45, 7) is 3.44. The van der Waals surface area contributed by atoms with E-state index in [1.165, 1.54) is 4.57 Å². The largest absolute Gasteiger partial charge is 0.493 e. The van der Waals surface area contributed by atoms with Crippen molar-refractivity contribution in [2.24, 2.45) is 0 Å². The molecule has 6 nitrogen and oxygen atoms in total. The van der Waals surface area contributed by atoms with Crippen LogP contribution in [0.4, 0.5) is 0 Å². The molecule has 0 aliphatic carbocycles. The molecular weight excluding hydrogens is 318 g/mol. The molecule has 25 heavy (non-hydrogen) atoms. The molecule has 0 saturated carbocycles. The maximum Gasteiger partial charge on any atom is 0.333 e. The van der Waals surface area contributed by atoms with E-state index in [0.29, 0.717) is 29.3 Å². The Kier molecular flexibility index (Phi) is 3.46. The highest BCUT2D eigenvalue weighted by atomic mass is 16.5. The summed E-state index contributed by atoms with van der Waals surface area (Å²) in [6.07, 6.45) is 0.419. The van der Waals surface area contributed by atoms with E-state index in [9.17, 15) is 9.90 Å². The fraction of sp³-hybridized carbons (Fsp3) is 0.158. The van der Waals surface area contributed by atoms with E-state index in [-0.39, 0.29) is 5.88 Å². The highest BCUT2D eigenvalue weighted by Crippen LogP contribution is 2.26. The zero-order valence-electron chi connectivity index (χ0n) is 13.9. The summed E-state index contributed by atoms with van der Waals surface area (Å²) < 4.78 is 6.31. The second-order valence-corrected chi connectivity index (χ2v) is 6.10. The molecule has 2 heterocycles. The lowest BCUT2D eigenvalue weighted by atomic mass is 10.0. The first kappa shape index (κ1) is 15.3. The van der Waals surface area contributed by atoms with Crippen LogP contribution in [0.25, 0.3) is 16.5 Å². The Morgan fingerprint density at radius 1 is 1.16 bits per heavy atom. The van der Waals surface area contributed by atoms with Gasteiger partial charge < -0.3 is 14.6 Å². The Morgan fingerprint density at radius 2 is 1.92 bits per heavy atom. The molecule has 0 radical (unpaired) electrons. The SMILES string of the molecule is Cc1noc(C)c1-n1c(O)c(Cc2ccc3ccccc3c2)[nH]c1=O. The predicted molar refractivity (Wildman–Crippen MR) is 94.3 cm³/mol. The summed E-state index contributed by atoms with van der Waals surface area (Å²) in [5, 5.41) is 16.7.